The summed E-state index contributed by atoms with van der Waals surface area (Å²) in [5.74, 6) is -0.00351. The third-order valence-corrected chi connectivity index (χ3v) is 6.01. The number of hydrogen-bond donors (Lipinski definition) is 2. The number of aryl methyl sites for hydroxylation is 2. The van der Waals surface area contributed by atoms with Gasteiger partial charge in [-0.2, -0.15) is 0 Å². The fourth-order valence-electron chi connectivity index (χ4n) is 2.66. The lowest BCUT2D eigenvalue weighted by Gasteiger charge is -2.11. The molecule has 0 aliphatic heterocycles. The van der Waals surface area contributed by atoms with Crippen LogP contribution in [0.25, 0.3) is 0 Å². The van der Waals surface area contributed by atoms with E-state index in [1.807, 2.05) is 13.0 Å². The van der Waals surface area contributed by atoms with E-state index in [9.17, 15) is 4.79 Å². The van der Waals surface area contributed by atoms with Crippen molar-refractivity contribution in [3.05, 3.63) is 29.3 Å². The molecule has 1 atom stereocenters. The maximum absolute atomic E-state index is 12.4. The van der Waals surface area contributed by atoms with Gasteiger partial charge < -0.3 is 10.6 Å². The molecule has 1 aliphatic rings. The first-order chi connectivity index (χ1) is 11.7. The van der Waals surface area contributed by atoms with Gasteiger partial charge in [-0.25, -0.2) is 0 Å². The number of aromatic nitrogens is 2. The summed E-state index contributed by atoms with van der Waals surface area (Å²) in [7, 11) is 0. The molecule has 0 unspecified atom stereocenters. The highest BCUT2D eigenvalue weighted by Crippen LogP contribution is 2.30. The van der Waals surface area contributed by atoms with Crippen LogP contribution >= 0.6 is 23.1 Å². The van der Waals surface area contributed by atoms with Gasteiger partial charge in [0.05, 0.1) is 5.25 Å². The summed E-state index contributed by atoms with van der Waals surface area (Å²) in [4.78, 5) is 12.4. The van der Waals surface area contributed by atoms with Crippen molar-refractivity contribution in [1.29, 1.82) is 0 Å². The summed E-state index contributed by atoms with van der Waals surface area (Å²) < 4.78 is 0.810. The SMILES string of the molecule is CCCNc1nnc(S[C@H](C)C(=O)Nc2ccc3c(c2)CCC3)s1. The van der Waals surface area contributed by atoms with E-state index in [-0.39, 0.29) is 11.2 Å². The standard InChI is InChI=1S/C17H22N4OS2/c1-3-9-18-16-20-21-17(24-16)23-11(2)15(22)19-14-8-7-12-5-4-6-13(12)10-14/h7-8,10-11H,3-6,9H2,1-2H3,(H,18,20)(H,19,22)/t11-/m1/s1. The van der Waals surface area contributed by atoms with Gasteiger partial charge in [-0.1, -0.05) is 36.1 Å². The van der Waals surface area contributed by atoms with Crippen molar-refractivity contribution >= 4 is 39.8 Å². The van der Waals surface area contributed by atoms with Crippen LogP contribution in [0, 0.1) is 0 Å². The number of carbonyl (C=O) groups is 1. The average Bonchev–Trinajstić information content (AvgIpc) is 3.21. The van der Waals surface area contributed by atoms with Gasteiger partial charge in [-0.05, 0) is 55.9 Å². The number of rotatable bonds is 7. The molecule has 2 N–H and O–H groups in total. The molecule has 2 aromatic rings. The number of amides is 1. The number of fused-ring (bicyclic) bond motifs is 1. The van der Waals surface area contributed by atoms with E-state index in [1.54, 1.807) is 0 Å². The lowest BCUT2D eigenvalue weighted by Crippen LogP contribution is -2.22. The minimum absolute atomic E-state index is 0.00351. The molecule has 1 amide bonds. The lowest BCUT2D eigenvalue weighted by atomic mass is 10.1. The first kappa shape index (κ1) is 17.2. The van der Waals surface area contributed by atoms with Gasteiger partial charge in [-0.15, -0.1) is 10.2 Å². The number of anilines is 2. The second-order valence-corrected chi connectivity index (χ2v) is 8.45. The third kappa shape index (κ3) is 4.27. The Labute approximate surface area is 150 Å². The molecule has 0 saturated carbocycles. The summed E-state index contributed by atoms with van der Waals surface area (Å²) >= 11 is 2.93. The summed E-state index contributed by atoms with van der Waals surface area (Å²) in [5, 5.41) is 15.0. The minimum Gasteiger partial charge on any atom is -0.360 e. The zero-order valence-corrected chi connectivity index (χ0v) is 15.6. The second-order valence-electron chi connectivity index (χ2n) is 5.89. The van der Waals surface area contributed by atoms with Crippen molar-refractivity contribution in [3.63, 3.8) is 0 Å². The highest BCUT2D eigenvalue weighted by Gasteiger charge is 2.18. The molecular weight excluding hydrogens is 340 g/mol. The summed E-state index contributed by atoms with van der Waals surface area (Å²) in [6, 6.07) is 6.23. The Hall–Kier alpha value is -1.60. The molecule has 1 aliphatic carbocycles. The van der Waals surface area contributed by atoms with E-state index in [2.05, 4.69) is 39.9 Å². The second kappa shape index (κ2) is 7.98. The van der Waals surface area contributed by atoms with Gasteiger partial charge in [0.15, 0.2) is 4.34 Å². The van der Waals surface area contributed by atoms with E-state index in [1.165, 1.54) is 40.6 Å². The monoisotopic (exact) mass is 362 g/mol. The van der Waals surface area contributed by atoms with Crippen LogP contribution in [0.2, 0.25) is 0 Å². The molecule has 0 bridgehead atoms. The molecule has 1 heterocycles. The van der Waals surface area contributed by atoms with Crippen molar-refractivity contribution < 1.29 is 4.79 Å². The average molecular weight is 363 g/mol. The Morgan fingerprint density at radius 3 is 3.00 bits per heavy atom. The van der Waals surface area contributed by atoms with E-state index in [4.69, 9.17) is 0 Å². The summed E-state index contributed by atoms with van der Waals surface area (Å²) in [5.41, 5.74) is 3.66. The number of hydrogen-bond acceptors (Lipinski definition) is 6. The van der Waals surface area contributed by atoms with Crippen LogP contribution in [0.15, 0.2) is 22.5 Å². The molecule has 0 saturated heterocycles. The number of nitrogens with zero attached hydrogens (tertiary/aromatic N) is 2. The maximum Gasteiger partial charge on any atom is 0.237 e. The molecule has 128 valence electrons. The fraction of sp³-hybridized carbons (Fsp3) is 0.471. The maximum atomic E-state index is 12.4. The summed E-state index contributed by atoms with van der Waals surface area (Å²) in [6.45, 7) is 4.89. The smallest absolute Gasteiger partial charge is 0.237 e. The highest BCUT2D eigenvalue weighted by atomic mass is 32.2. The molecule has 0 spiro atoms. The first-order valence-electron chi connectivity index (χ1n) is 8.32. The van der Waals surface area contributed by atoms with Crippen LogP contribution in [0.4, 0.5) is 10.8 Å². The fourth-order valence-corrected chi connectivity index (χ4v) is 4.58. The molecule has 7 heteroatoms. The van der Waals surface area contributed by atoms with Crippen LogP contribution < -0.4 is 10.6 Å². The van der Waals surface area contributed by atoms with Crippen molar-refractivity contribution in [3.8, 4) is 0 Å². The quantitative estimate of drug-likeness (QED) is 0.730. The predicted molar refractivity (Wildman–Crippen MR) is 101 cm³/mol. The van der Waals surface area contributed by atoms with E-state index in [0.29, 0.717) is 0 Å². The Morgan fingerprint density at radius 1 is 1.33 bits per heavy atom. The molecule has 0 fully saturated rings. The summed E-state index contributed by atoms with van der Waals surface area (Å²) in [6.07, 6.45) is 4.52. The molecule has 24 heavy (non-hydrogen) atoms. The number of nitrogens with one attached hydrogen (secondary N) is 2. The van der Waals surface area contributed by atoms with Gasteiger partial charge in [0.1, 0.15) is 0 Å². The van der Waals surface area contributed by atoms with Crippen molar-refractivity contribution in [2.75, 3.05) is 17.2 Å². The largest absolute Gasteiger partial charge is 0.360 e. The number of benzene rings is 1. The number of thioether (sulfide) groups is 1. The molecule has 1 aromatic carbocycles. The van der Waals surface area contributed by atoms with Crippen molar-refractivity contribution in [2.24, 2.45) is 0 Å². The van der Waals surface area contributed by atoms with E-state index in [0.717, 1.165) is 41.0 Å². The zero-order valence-electron chi connectivity index (χ0n) is 14.0. The number of carbonyl (C=O) groups excluding carboxylic acids is 1. The van der Waals surface area contributed by atoms with Crippen LogP contribution in [-0.2, 0) is 17.6 Å². The first-order valence-corrected chi connectivity index (χ1v) is 10.0. The Kier molecular flexibility index (Phi) is 5.73. The predicted octanol–water partition coefficient (Wildman–Crippen LogP) is 3.97. The van der Waals surface area contributed by atoms with Crippen LogP contribution in [0.3, 0.4) is 0 Å². The molecule has 5 nitrogen and oxygen atoms in total. The molecule has 0 radical (unpaired) electrons. The molecule has 1 aromatic heterocycles. The van der Waals surface area contributed by atoms with Gasteiger partial charge in [-0.3, -0.25) is 4.79 Å². The van der Waals surface area contributed by atoms with Crippen LogP contribution in [-0.4, -0.2) is 27.9 Å². The van der Waals surface area contributed by atoms with E-state index >= 15 is 0 Å². The van der Waals surface area contributed by atoms with Gasteiger partial charge in [0.2, 0.25) is 11.0 Å². The van der Waals surface area contributed by atoms with Gasteiger partial charge >= 0.3 is 0 Å². The molecular formula is C17H22N4OS2. The topological polar surface area (TPSA) is 66.9 Å². The Morgan fingerprint density at radius 2 is 2.17 bits per heavy atom. The van der Waals surface area contributed by atoms with Gasteiger partial charge in [0.25, 0.3) is 0 Å². The minimum atomic E-state index is -0.217. The Bertz CT molecular complexity index is 716. The third-order valence-electron chi connectivity index (χ3n) is 3.95. The van der Waals surface area contributed by atoms with Crippen molar-refractivity contribution in [2.45, 2.75) is 49.1 Å². The normalized spacial score (nSPS) is 14.2. The van der Waals surface area contributed by atoms with Gasteiger partial charge in [0, 0.05) is 12.2 Å². The van der Waals surface area contributed by atoms with Crippen LogP contribution in [0.1, 0.15) is 37.8 Å². The van der Waals surface area contributed by atoms with Crippen molar-refractivity contribution in [1.82, 2.24) is 10.2 Å². The van der Waals surface area contributed by atoms with E-state index < -0.39 is 0 Å². The van der Waals surface area contributed by atoms with Crippen LogP contribution in [0.5, 0.6) is 0 Å². The zero-order chi connectivity index (χ0) is 16.9. The highest BCUT2D eigenvalue weighted by molar-refractivity contribution is 8.02. The lowest BCUT2D eigenvalue weighted by molar-refractivity contribution is -0.115. The molecule has 3 rings (SSSR count). The Balaban J connectivity index is 1.55.